The number of anilines is 1. The largest absolute Gasteiger partial charge is 0.490 e. The summed E-state index contributed by atoms with van der Waals surface area (Å²) in [5.74, 6) is 0.696. The van der Waals surface area contributed by atoms with Gasteiger partial charge in [-0.3, -0.25) is 4.57 Å². The second-order valence-corrected chi connectivity index (χ2v) is 10.5. The Morgan fingerprint density at radius 1 is 1.06 bits per heavy atom. The maximum atomic E-state index is 10.4. The number of aryl methyl sites for hydroxylation is 1. The number of hydrogen-bond acceptors (Lipinski definition) is 13. The van der Waals surface area contributed by atoms with Crippen LogP contribution in [-0.4, -0.2) is 84.2 Å². The predicted molar refractivity (Wildman–Crippen MR) is 104 cm³/mol. The smallest absolute Gasteiger partial charge is 0.394 e. The van der Waals surface area contributed by atoms with Gasteiger partial charge in [-0.2, -0.15) is 8.62 Å². The van der Waals surface area contributed by atoms with Gasteiger partial charge in [0.2, 0.25) is 0 Å². The van der Waals surface area contributed by atoms with E-state index in [0.717, 1.165) is 0 Å². The zero-order valence-corrected chi connectivity index (χ0v) is 19.0. The first kappa shape index (κ1) is 27.8. The van der Waals surface area contributed by atoms with Crippen molar-refractivity contribution in [2.24, 2.45) is 0 Å². The van der Waals surface area contributed by atoms with Crippen LogP contribution in [0.15, 0.2) is 6.33 Å². The highest BCUT2D eigenvalue weighted by atomic mass is 31.3. The summed E-state index contributed by atoms with van der Waals surface area (Å²) in [6, 6.07) is 0. The summed E-state index contributed by atoms with van der Waals surface area (Å²) >= 11 is 0. The number of phosphoric acid groups is 3. The molecule has 1 saturated heterocycles. The fraction of sp³-hybridized carbons (Fsp3) is 0.545. The minimum absolute atomic E-state index is 0.234. The molecule has 2 aromatic rings. The molecule has 0 spiro atoms. The number of aliphatic hydroxyl groups excluding tert-OH is 3. The van der Waals surface area contributed by atoms with Crippen LogP contribution in [0.25, 0.3) is 11.2 Å². The molecule has 22 heteroatoms. The molecule has 0 aromatic carbocycles. The molecule has 0 saturated carbocycles. The highest BCUT2D eigenvalue weighted by molar-refractivity contribution is 7.66. The van der Waals surface area contributed by atoms with Crippen LogP contribution >= 0.6 is 23.5 Å². The molecule has 188 valence electrons. The standard InChI is InChI=1S/C11H15N5O4.H5O10P3/c1-4-14-9(12)6-10(15-4)16(3-13-6)11-8(19)7(18)5(2-17)20-11;1-11(2,3)9-13(7,8)10-12(4,5)6/h3,5,7-8,11,17-19H,2H2,1H3,(H2,12,14,15);(H,7,8)(H2,1,2,3)(H2,4,5,6)/t5-,7-,8-,11-;/m1./s1. The summed E-state index contributed by atoms with van der Waals surface area (Å²) < 4.78 is 43.3. The number of rotatable bonds is 6. The van der Waals surface area contributed by atoms with Crippen molar-refractivity contribution in [3.05, 3.63) is 12.2 Å². The van der Waals surface area contributed by atoms with Crippen LogP contribution in [0, 0.1) is 6.92 Å². The van der Waals surface area contributed by atoms with E-state index in [2.05, 4.69) is 23.6 Å². The predicted octanol–water partition coefficient (Wildman–Crippen LogP) is -2.37. The number of aromatic nitrogens is 4. The number of nitrogens with zero attached hydrogens (tertiary/aromatic N) is 4. The van der Waals surface area contributed by atoms with E-state index in [1.807, 2.05) is 0 Å². The van der Waals surface area contributed by atoms with Crippen LogP contribution in [0.5, 0.6) is 0 Å². The quantitative estimate of drug-likeness (QED) is 0.173. The second-order valence-electron chi connectivity index (χ2n) is 6.32. The fourth-order valence-electron chi connectivity index (χ4n) is 2.63. The molecule has 3 rings (SSSR count). The molecule has 33 heavy (non-hydrogen) atoms. The molecular formula is C11H20N5O14P3. The molecule has 0 radical (unpaired) electrons. The first-order valence-corrected chi connectivity index (χ1v) is 13.0. The number of imidazole rings is 1. The Morgan fingerprint density at radius 2 is 1.61 bits per heavy atom. The van der Waals surface area contributed by atoms with Crippen molar-refractivity contribution >= 4 is 40.4 Å². The van der Waals surface area contributed by atoms with E-state index in [0.29, 0.717) is 17.0 Å². The SMILES string of the molecule is Cc1nc(N)c2ncn([C@@H]3O[C@H](CO)[C@@H](O)[C@H]3O)c2n1.O=P(O)(O)OP(=O)(O)OP(=O)(O)O. The number of nitrogen functional groups attached to an aromatic ring is 1. The van der Waals surface area contributed by atoms with Crippen molar-refractivity contribution in [1.82, 2.24) is 19.5 Å². The van der Waals surface area contributed by atoms with E-state index in [-0.39, 0.29) is 5.82 Å². The van der Waals surface area contributed by atoms with E-state index in [1.54, 1.807) is 6.92 Å². The lowest BCUT2D eigenvalue weighted by atomic mass is 10.1. The number of hydrogen-bond donors (Lipinski definition) is 9. The van der Waals surface area contributed by atoms with Gasteiger partial charge in [-0.25, -0.2) is 28.6 Å². The Morgan fingerprint density at radius 3 is 2.06 bits per heavy atom. The van der Waals surface area contributed by atoms with Crippen molar-refractivity contribution in [2.45, 2.75) is 31.5 Å². The van der Waals surface area contributed by atoms with Gasteiger partial charge in [0.25, 0.3) is 0 Å². The summed E-state index contributed by atoms with van der Waals surface area (Å²) in [7, 11) is -16.2. The van der Waals surface area contributed by atoms with Crippen LogP contribution in [0.2, 0.25) is 0 Å². The first-order chi connectivity index (χ1) is 14.9. The van der Waals surface area contributed by atoms with Crippen LogP contribution < -0.4 is 5.73 Å². The third-order valence-corrected chi connectivity index (χ3v) is 7.12. The van der Waals surface area contributed by atoms with Crippen molar-refractivity contribution in [2.75, 3.05) is 12.3 Å². The molecule has 19 nitrogen and oxygen atoms in total. The van der Waals surface area contributed by atoms with Gasteiger partial charge >= 0.3 is 23.5 Å². The zero-order valence-electron chi connectivity index (χ0n) is 16.3. The van der Waals surface area contributed by atoms with Crippen molar-refractivity contribution in [3.63, 3.8) is 0 Å². The fourth-order valence-corrected chi connectivity index (χ4v) is 5.17. The van der Waals surface area contributed by atoms with Crippen LogP contribution in [0.3, 0.4) is 0 Å². The summed E-state index contributed by atoms with van der Waals surface area (Å²) in [6.07, 6.45) is -2.70. The van der Waals surface area contributed by atoms with Gasteiger partial charge in [-0.1, -0.05) is 0 Å². The van der Waals surface area contributed by atoms with E-state index in [4.69, 9.17) is 40.0 Å². The Balaban J connectivity index is 0.000000260. The topological polar surface area (TPSA) is 310 Å². The Labute approximate surface area is 183 Å². The highest BCUT2D eigenvalue weighted by Gasteiger charge is 2.44. The molecule has 10 N–H and O–H groups in total. The monoisotopic (exact) mass is 539 g/mol. The molecule has 1 aliphatic heterocycles. The van der Waals surface area contributed by atoms with Crippen molar-refractivity contribution < 1.29 is 66.8 Å². The lowest BCUT2D eigenvalue weighted by molar-refractivity contribution is -0.0511. The van der Waals surface area contributed by atoms with E-state index in [1.165, 1.54) is 10.9 Å². The van der Waals surface area contributed by atoms with Crippen LogP contribution in [0.4, 0.5) is 5.82 Å². The third-order valence-electron chi connectivity index (χ3n) is 3.77. The average Bonchev–Trinajstić information content (AvgIpc) is 3.13. The van der Waals surface area contributed by atoms with E-state index >= 15 is 0 Å². The summed E-state index contributed by atoms with van der Waals surface area (Å²) in [5.41, 5.74) is 6.57. The minimum atomic E-state index is -5.46. The summed E-state index contributed by atoms with van der Waals surface area (Å²) in [4.78, 5) is 52.5. The molecule has 3 heterocycles. The molecule has 2 aromatic heterocycles. The lowest BCUT2D eigenvalue weighted by Crippen LogP contribution is -2.33. The van der Waals surface area contributed by atoms with Crippen molar-refractivity contribution in [3.8, 4) is 0 Å². The molecule has 0 amide bonds. The minimum Gasteiger partial charge on any atom is -0.394 e. The van der Waals surface area contributed by atoms with Gasteiger partial charge in [0, 0.05) is 0 Å². The Kier molecular flexibility index (Phi) is 8.50. The van der Waals surface area contributed by atoms with Crippen LogP contribution in [-0.2, 0) is 27.1 Å². The lowest BCUT2D eigenvalue weighted by Gasteiger charge is -2.16. The third kappa shape index (κ3) is 7.54. The van der Waals surface area contributed by atoms with Gasteiger partial charge in [0.15, 0.2) is 17.7 Å². The molecule has 0 unspecified atom stereocenters. The van der Waals surface area contributed by atoms with Crippen molar-refractivity contribution in [1.29, 1.82) is 0 Å². The van der Waals surface area contributed by atoms with Crippen LogP contribution in [0.1, 0.15) is 12.1 Å². The average molecular weight is 539 g/mol. The first-order valence-electron chi connectivity index (χ1n) is 8.40. The highest BCUT2D eigenvalue weighted by Crippen LogP contribution is 2.64. The van der Waals surface area contributed by atoms with E-state index < -0.39 is 54.6 Å². The number of ether oxygens (including phenoxy) is 1. The summed E-state index contributed by atoms with van der Waals surface area (Å²) in [6.45, 7) is 1.29. The van der Waals surface area contributed by atoms with Gasteiger partial charge in [-0.15, -0.1) is 0 Å². The Bertz CT molecular complexity index is 1100. The zero-order chi connectivity index (χ0) is 25.4. The number of nitrogens with two attached hydrogens (primary N) is 1. The molecule has 0 bridgehead atoms. The number of aliphatic hydroxyl groups is 3. The van der Waals surface area contributed by atoms with Gasteiger partial charge < -0.3 is 50.3 Å². The molecule has 4 atom stereocenters. The van der Waals surface area contributed by atoms with Gasteiger partial charge in [0.05, 0.1) is 12.9 Å². The van der Waals surface area contributed by atoms with E-state index in [9.17, 15) is 23.9 Å². The van der Waals surface area contributed by atoms with Gasteiger partial charge in [0.1, 0.15) is 29.7 Å². The second kappa shape index (κ2) is 10.1. The molecule has 1 aliphatic rings. The normalized spacial score (nSPS) is 24.0. The maximum absolute atomic E-state index is 10.4. The number of fused-ring (bicyclic) bond motifs is 1. The maximum Gasteiger partial charge on any atom is 0.490 e. The molecule has 0 aliphatic carbocycles. The molecular weight excluding hydrogens is 519 g/mol. The molecule has 1 fully saturated rings. The Hall–Kier alpha value is -1.40. The summed E-state index contributed by atoms with van der Waals surface area (Å²) in [5, 5.41) is 28.9. The van der Waals surface area contributed by atoms with Gasteiger partial charge in [-0.05, 0) is 6.92 Å².